The van der Waals surface area contributed by atoms with E-state index in [1.807, 2.05) is 6.92 Å². The number of thioether (sulfide) groups is 1. The highest BCUT2D eigenvalue weighted by Gasteiger charge is 2.30. The van der Waals surface area contributed by atoms with Crippen LogP contribution in [-0.2, 0) is 27.4 Å². The summed E-state index contributed by atoms with van der Waals surface area (Å²) in [7, 11) is -3.68. The first-order chi connectivity index (χ1) is 17.5. The Labute approximate surface area is 214 Å². The van der Waals surface area contributed by atoms with Crippen LogP contribution in [0.25, 0.3) is 5.65 Å². The molecule has 0 fully saturated rings. The minimum atomic E-state index is -4.45. The van der Waals surface area contributed by atoms with E-state index in [-0.39, 0.29) is 29.3 Å². The molecule has 0 atom stereocenters. The van der Waals surface area contributed by atoms with Gasteiger partial charge in [-0.25, -0.2) is 13.1 Å². The summed E-state index contributed by atoms with van der Waals surface area (Å²) >= 11 is 1.12. The van der Waals surface area contributed by atoms with Gasteiger partial charge in [0.2, 0.25) is 15.9 Å². The van der Waals surface area contributed by atoms with E-state index in [0.29, 0.717) is 16.5 Å². The van der Waals surface area contributed by atoms with Gasteiger partial charge in [0.1, 0.15) is 5.03 Å². The number of halogens is 3. The summed E-state index contributed by atoms with van der Waals surface area (Å²) in [6.07, 6.45) is -4.23. The van der Waals surface area contributed by atoms with E-state index in [2.05, 4.69) is 25.3 Å². The number of hydrogen-bond acceptors (Lipinski definition) is 7. The van der Waals surface area contributed by atoms with Gasteiger partial charge in [-0.05, 0) is 55.5 Å². The maximum absolute atomic E-state index is 12.7. The van der Waals surface area contributed by atoms with Gasteiger partial charge < -0.3 is 5.32 Å². The number of nitrogens with one attached hydrogen (secondary N) is 2. The molecule has 2 heterocycles. The second kappa shape index (κ2) is 10.9. The summed E-state index contributed by atoms with van der Waals surface area (Å²) < 4.78 is 67.0. The Kier molecular flexibility index (Phi) is 7.80. The van der Waals surface area contributed by atoms with E-state index < -0.39 is 27.7 Å². The van der Waals surface area contributed by atoms with Crippen LogP contribution in [0.2, 0.25) is 0 Å². The monoisotopic (exact) mass is 550 g/mol. The summed E-state index contributed by atoms with van der Waals surface area (Å²) in [5.74, 6) is -0.0210. The normalized spacial score (nSPS) is 12.1. The number of rotatable bonds is 9. The zero-order valence-electron chi connectivity index (χ0n) is 19.4. The largest absolute Gasteiger partial charge is 0.416 e. The van der Waals surface area contributed by atoms with E-state index in [9.17, 15) is 26.4 Å². The minimum absolute atomic E-state index is 0.0344. The van der Waals surface area contributed by atoms with Crippen LogP contribution in [0.3, 0.4) is 0 Å². The fourth-order valence-electron chi connectivity index (χ4n) is 3.23. The van der Waals surface area contributed by atoms with Crippen LogP contribution in [0.1, 0.15) is 17.0 Å². The number of hydrogen-bond donors (Lipinski definition) is 2. The van der Waals surface area contributed by atoms with E-state index in [0.717, 1.165) is 29.5 Å². The number of aryl methyl sites for hydroxylation is 1. The summed E-state index contributed by atoms with van der Waals surface area (Å²) in [6.45, 7) is 1.94. The summed E-state index contributed by atoms with van der Waals surface area (Å²) in [6, 6.07) is 14.0. The molecule has 4 aromatic rings. The molecule has 0 bridgehead atoms. The SMILES string of the molecule is Cc1ccc(S(=O)(=O)NCCc2nnc3ccc(SCC(=O)Nc4ccc(C(F)(F)F)cc4)nn23)cc1. The third kappa shape index (κ3) is 6.84. The molecule has 0 radical (unpaired) electrons. The lowest BCUT2D eigenvalue weighted by molar-refractivity contribution is -0.137. The highest BCUT2D eigenvalue weighted by atomic mass is 32.2. The van der Waals surface area contributed by atoms with Gasteiger partial charge in [-0.1, -0.05) is 29.5 Å². The van der Waals surface area contributed by atoms with Crippen LogP contribution >= 0.6 is 11.8 Å². The van der Waals surface area contributed by atoms with Gasteiger partial charge in [-0.15, -0.1) is 10.2 Å². The molecule has 2 aromatic heterocycles. The van der Waals surface area contributed by atoms with Crippen molar-refractivity contribution >= 4 is 39.0 Å². The number of carbonyl (C=O) groups is 1. The lowest BCUT2D eigenvalue weighted by Gasteiger charge is -2.09. The Morgan fingerprint density at radius 3 is 2.38 bits per heavy atom. The summed E-state index contributed by atoms with van der Waals surface area (Å²) in [5.41, 5.74) is 0.849. The third-order valence-electron chi connectivity index (χ3n) is 5.12. The minimum Gasteiger partial charge on any atom is -0.325 e. The molecule has 9 nitrogen and oxygen atoms in total. The molecular formula is C23H21F3N6O3S2. The van der Waals surface area contributed by atoms with Crippen LogP contribution in [0.15, 0.2) is 70.6 Å². The average Bonchev–Trinajstić information content (AvgIpc) is 3.25. The Morgan fingerprint density at radius 2 is 1.70 bits per heavy atom. The van der Waals surface area contributed by atoms with Crippen molar-refractivity contribution in [2.45, 2.75) is 29.4 Å². The molecule has 2 N–H and O–H groups in total. The predicted octanol–water partition coefficient (Wildman–Crippen LogP) is 3.70. The lowest BCUT2D eigenvalue weighted by Crippen LogP contribution is -2.26. The Bertz CT molecular complexity index is 1510. The molecule has 0 saturated carbocycles. The Hall–Kier alpha value is -3.49. The van der Waals surface area contributed by atoms with Crippen molar-refractivity contribution in [1.82, 2.24) is 24.5 Å². The van der Waals surface area contributed by atoms with Crippen molar-refractivity contribution in [3.63, 3.8) is 0 Å². The number of carbonyl (C=O) groups excluding carboxylic acids is 1. The predicted molar refractivity (Wildman–Crippen MR) is 132 cm³/mol. The van der Waals surface area contributed by atoms with Gasteiger partial charge in [0, 0.05) is 18.7 Å². The van der Waals surface area contributed by atoms with Gasteiger partial charge in [0.05, 0.1) is 16.2 Å². The van der Waals surface area contributed by atoms with Crippen LogP contribution in [0, 0.1) is 6.92 Å². The Balaban J connectivity index is 1.34. The van der Waals surface area contributed by atoms with Crippen LogP contribution < -0.4 is 10.0 Å². The van der Waals surface area contributed by atoms with Crippen LogP contribution in [0.4, 0.5) is 18.9 Å². The van der Waals surface area contributed by atoms with Gasteiger partial charge >= 0.3 is 6.18 Å². The first kappa shape index (κ1) is 26.6. The first-order valence-electron chi connectivity index (χ1n) is 10.9. The highest BCUT2D eigenvalue weighted by Crippen LogP contribution is 2.29. The maximum atomic E-state index is 12.7. The molecule has 0 spiro atoms. The number of amides is 1. The molecule has 0 aliphatic rings. The number of alkyl halides is 3. The number of aromatic nitrogens is 4. The number of nitrogens with zero attached hydrogens (tertiary/aromatic N) is 4. The molecule has 0 aliphatic carbocycles. The smallest absolute Gasteiger partial charge is 0.325 e. The molecule has 37 heavy (non-hydrogen) atoms. The van der Waals surface area contributed by atoms with E-state index in [4.69, 9.17) is 0 Å². The number of sulfonamides is 1. The van der Waals surface area contributed by atoms with Gasteiger partial charge in [-0.2, -0.15) is 22.8 Å². The molecule has 14 heteroatoms. The second-order valence-corrected chi connectivity index (χ2v) is 10.7. The number of anilines is 1. The zero-order valence-corrected chi connectivity index (χ0v) is 21.0. The second-order valence-electron chi connectivity index (χ2n) is 7.93. The molecule has 2 aromatic carbocycles. The van der Waals surface area contributed by atoms with Crippen molar-refractivity contribution in [3.05, 3.63) is 77.6 Å². The van der Waals surface area contributed by atoms with Crippen molar-refractivity contribution in [1.29, 1.82) is 0 Å². The molecule has 1 amide bonds. The molecular weight excluding hydrogens is 529 g/mol. The molecule has 0 saturated heterocycles. The maximum Gasteiger partial charge on any atom is 0.416 e. The van der Waals surface area contributed by atoms with Gasteiger partial charge in [-0.3, -0.25) is 4.79 Å². The molecule has 0 unspecified atom stereocenters. The topological polar surface area (TPSA) is 118 Å². The molecule has 4 rings (SSSR count). The lowest BCUT2D eigenvalue weighted by atomic mass is 10.2. The highest BCUT2D eigenvalue weighted by molar-refractivity contribution is 7.99. The molecule has 194 valence electrons. The number of benzene rings is 2. The third-order valence-corrected chi connectivity index (χ3v) is 7.52. The van der Waals surface area contributed by atoms with Crippen molar-refractivity contribution < 1.29 is 26.4 Å². The van der Waals surface area contributed by atoms with E-state index in [1.54, 1.807) is 24.3 Å². The zero-order chi connectivity index (χ0) is 26.6. The summed E-state index contributed by atoms with van der Waals surface area (Å²) in [5, 5.41) is 15.5. The quantitative estimate of drug-likeness (QED) is 0.305. The first-order valence-corrected chi connectivity index (χ1v) is 13.4. The fraction of sp³-hybridized carbons (Fsp3) is 0.217. The standard InChI is InChI=1S/C23H21F3N6O3S2/c1-15-2-8-18(9-3-15)37(34,35)27-13-12-20-30-29-19-10-11-22(31-32(19)20)36-14-21(33)28-17-6-4-16(5-7-17)23(24,25)26/h2-11,27H,12-14H2,1H3,(H,28,33). The average molecular weight is 551 g/mol. The summed E-state index contributed by atoms with van der Waals surface area (Å²) in [4.78, 5) is 12.4. The van der Waals surface area contributed by atoms with Crippen molar-refractivity contribution in [3.8, 4) is 0 Å². The van der Waals surface area contributed by atoms with Gasteiger partial charge in [0.25, 0.3) is 0 Å². The number of fused-ring (bicyclic) bond motifs is 1. The van der Waals surface area contributed by atoms with E-state index in [1.165, 1.54) is 28.8 Å². The van der Waals surface area contributed by atoms with Gasteiger partial charge in [0.15, 0.2) is 11.5 Å². The molecule has 0 aliphatic heterocycles. The fourth-order valence-corrected chi connectivity index (χ4v) is 4.91. The van der Waals surface area contributed by atoms with Crippen molar-refractivity contribution in [2.24, 2.45) is 0 Å². The van der Waals surface area contributed by atoms with E-state index >= 15 is 0 Å². The van der Waals surface area contributed by atoms with Crippen LogP contribution in [-0.4, -0.2) is 46.4 Å². The Morgan fingerprint density at radius 1 is 1.00 bits per heavy atom. The van der Waals surface area contributed by atoms with Crippen molar-refractivity contribution in [2.75, 3.05) is 17.6 Å². The van der Waals surface area contributed by atoms with Crippen LogP contribution in [0.5, 0.6) is 0 Å².